The van der Waals surface area contributed by atoms with E-state index in [0.29, 0.717) is 5.56 Å². The quantitative estimate of drug-likeness (QED) is 0.511. The van der Waals surface area contributed by atoms with Crippen molar-refractivity contribution in [3.63, 3.8) is 0 Å². The van der Waals surface area contributed by atoms with Crippen LogP contribution in [0.4, 0.5) is 18.9 Å². The molecule has 1 amide bonds. The number of nitrogens with zero attached hydrogens (tertiary/aromatic N) is 4. The van der Waals surface area contributed by atoms with Gasteiger partial charge in [0, 0.05) is 19.3 Å². The molecule has 0 unspecified atom stereocenters. The fourth-order valence-electron chi connectivity index (χ4n) is 3.28. The predicted octanol–water partition coefficient (Wildman–Crippen LogP) is 2.00. The van der Waals surface area contributed by atoms with Crippen molar-refractivity contribution >= 4 is 22.6 Å². The fraction of sp³-hybridized carbons (Fsp3) is 0.143. The van der Waals surface area contributed by atoms with Crippen molar-refractivity contribution in [1.82, 2.24) is 18.9 Å². The van der Waals surface area contributed by atoms with Crippen LogP contribution in [0, 0.1) is 17.5 Å². The molecule has 0 saturated heterocycles. The lowest BCUT2D eigenvalue weighted by Crippen LogP contribution is -2.41. The summed E-state index contributed by atoms with van der Waals surface area (Å²) in [5.74, 6) is -2.88. The number of anilines is 1. The molecule has 0 aliphatic heterocycles. The molecular formula is C21H16F3N5O3. The second kappa shape index (κ2) is 8.17. The summed E-state index contributed by atoms with van der Waals surface area (Å²) in [5.41, 5.74) is -1.34. The highest BCUT2D eigenvalue weighted by molar-refractivity contribution is 5.91. The van der Waals surface area contributed by atoms with Crippen molar-refractivity contribution < 1.29 is 18.0 Å². The van der Waals surface area contributed by atoms with Gasteiger partial charge in [0.2, 0.25) is 5.91 Å². The predicted molar refractivity (Wildman–Crippen MR) is 110 cm³/mol. The van der Waals surface area contributed by atoms with Crippen molar-refractivity contribution in [3.8, 4) is 0 Å². The minimum Gasteiger partial charge on any atom is -0.322 e. The first kappa shape index (κ1) is 21.1. The van der Waals surface area contributed by atoms with E-state index in [-0.39, 0.29) is 23.3 Å². The Morgan fingerprint density at radius 2 is 1.69 bits per heavy atom. The number of aryl methyl sites for hydroxylation is 1. The molecule has 0 saturated carbocycles. The van der Waals surface area contributed by atoms with Gasteiger partial charge >= 0.3 is 5.69 Å². The molecule has 2 aromatic heterocycles. The lowest BCUT2D eigenvalue weighted by atomic mass is 10.2. The monoisotopic (exact) mass is 443 g/mol. The number of carbonyl (C=O) groups is 1. The van der Waals surface area contributed by atoms with Crippen molar-refractivity contribution in [2.75, 3.05) is 5.32 Å². The number of carbonyl (C=O) groups excluding carboxylic acids is 1. The zero-order valence-electron chi connectivity index (χ0n) is 16.7. The minimum absolute atomic E-state index is 0.0565. The zero-order valence-corrected chi connectivity index (χ0v) is 16.7. The number of hydrogen-bond donors (Lipinski definition) is 1. The lowest BCUT2D eigenvalue weighted by molar-refractivity contribution is -0.116. The molecule has 164 valence electrons. The summed E-state index contributed by atoms with van der Waals surface area (Å²) in [4.78, 5) is 38.5. The van der Waals surface area contributed by atoms with Crippen molar-refractivity contribution in [2.45, 2.75) is 13.1 Å². The van der Waals surface area contributed by atoms with E-state index in [2.05, 4.69) is 10.4 Å². The van der Waals surface area contributed by atoms with E-state index in [0.717, 1.165) is 27.3 Å². The minimum atomic E-state index is -0.847. The number of amides is 1. The third-order valence-electron chi connectivity index (χ3n) is 4.77. The van der Waals surface area contributed by atoms with Crippen molar-refractivity contribution in [2.24, 2.45) is 7.05 Å². The summed E-state index contributed by atoms with van der Waals surface area (Å²) in [6, 6.07) is 7.81. The second-order valence-electron chi connectivity index (χ2n) is 7.10. The number of nitrogens with one attached hydrogen (secondary N) is 1. The first-order valence-corrected chi connectivity index (χ1v) is 9.39. The van der Waals surface area contributed by atoms with Crippen LogP contribution in [0.15, 0.2) is 58.3 Å². The topological polar surface area (TPSA) is 90.9 Å². The van der Waals surface area contributed by atoms with Gasteiger partial charge in [0.25, 0.3) is 5.56 Å². The Morgan fingerprint density at radius 3 is 2.41 bits per heavy atom. The molecule has 32 heavy (non-hydrogen) atoms. The molecule has 4 aromatic rings. The highest BCUT2D eigenvalue weighted by atomic mass is 19.1. The first-order chi connectivity index (χ1) is 15.2. The van der Waals surface area contributed by atoms with Crippen molar-refractivity contribution in [3.05, 3.63) is 92.5 Å². The highest BCUT2D eigenvalue weighted by Gasteiger charge is 2.19. The maximum atomic E-state index is 13.9. The Labute approximate surface area is 178 Å². The Morgan fingerprint density at radius 1 is 1.00 bits per heavy atom. The average Bonchev–Trinajstić information content (AvgIpc) is 3.14. The third kappa shape index (κ3) is 4.04. The lowest BCUT2D eigenvalue weighted by Gasteiger charge is -2.12. The van der Waals surface area contributed by atoms with Gasteiger partial charge in [0.05, 0.1) is 17.7 Å². The Hall–Kier alpha value is -4.15. The van der Waals surface area contributed by atoms with Gasteiger partial charge < -0.3 is 5.32 Å². The maximum Gasteiger partial charge on any atom is 0.332 e. The van der Waals surface area contributed by atoms with E-state index in [1.165, 1.54) is 35.1 Å². The molecule has 0 aliphatic carbocycles. The zero-order chi connectivity index (χ0) is 23.0. The average molecular weight is 443 g/mol. The van der Waals surface area contributed by atoms with Crippen molar-refractivity contribution in [1.29, 1.82) is 0 Å². The van der Waals surface area contributed by atoms with Gasteiger partial charge in [-0.2, -0.15) is 5.10 Å². The summed E-state index contributed by atoms with van der Waals surface area (Å²) in [6.07, 6.45) is 1.40. The third-order valence-corrected chi connectivity index (χ3v) is 4.77. The van der Waals surface area contributed by atoms with Gasteiger partial charge in [0.15, 0.2) is 5.52 Å². The molecule has 2 heterocycles. The normalized spacial score (nSPS) is 11.1. The molecule has 0 radical (unpaired) electrons. The number of halogens is 3. The van der Waals surface area contributed by atoms with Gasteiger partial charge in [-0.25, -0.2) is 18.0 Å². The molecule has 11 heteroatoms. The number of rotatable bonds is 5. The van der Waals surface area contributed by atoms with Crippen LogP contribution in [0.2, 0.25) is 0 Å². The SMILES string of the molecule is Cn1cc2c(n1)c(=O)n(Cc1ccc(F)cc1)c(=O)n2CC(=O)Nc1cc(F)ccc1F. The van der Waals surface area contributed by atoms with E-state index < -0.39 is 41.2 Å². The molecular weight excluding hydrogens is 427 g/mol. The molecule has 8 nitrogen and oxygen atoms in total. The largest absolute Gasteiger partial charge is 0.332 e. The molecule has 0 fully saturated rings. The van der Waals surface area contributed by atoms with E-state index in [4.69, 9.17) is 0 Å². The number of aromatic nitrogens is 4. The Kier molecular flexibility index (Phi) is 5.39. The van der Waals surface area contributed by atoms with Crippen LogP contribution in [0.5, 0.6) is 0 Å². The van der Waals surface area contributed by atoms with E-state index in [1.807, 2.05) is 0 Å². The highest BCUT2D eigenvalue weighted by Crippen LogP contribution is 2.15. The molecule has 0 spiro atoms. The smallest absolute Gasteiger partial charge is 0.322 e. The molecule has 1 N–H and O–H groups in total. The maximum absolute atomic E-state index is 13.9. The Balaban J connectivity index is 1.75. The Bertz CT molecular complexity index is 1450. The van der Waals surface area contributed by atoms with Gasteiger partial charge in [-0.15, -0.1) is 0 Å². The van der Waals surface area contributed by atoms with Crippen LogP contribution in [0.3, 0.4) is 0 Å². The summed E-state index contributed by atoms with van der Waals surface area (Å²) < 4.78 is 43.6. The molecule has 4 rings (SSSR count). The second-order valence-corrected chi connectivity index (χ2v) is 7.10. The molecule has 0 aliphatic rings. The van der Waals surface area contributed by atoms with Crippen LogP contribution >= 0.6 is 0 Å². The van der Waals surface area contributed by atoms with Crippen LogP contribution < -0.4 is 16.6 Å². The van der Waals surface area contributed by atoms with Gasteiger partial charge in [-0.05, 0) is 29.8 Å². The summed E-state index contributed by atoms with van der Waals surface area (Å²) >= 11 is 0. The van der Waals surface area contributed by atoms with Gasteiger partial charge in [-0.3, -0.25) is 23.4 Å². The molecule has 0 bridgehead atoms. The van der Waals surface area contributed by atoms with E-state index in [1.54, 1.807) is 7.05 Å². The standard InChI is InChI=1S/C21H16F3N5O3/c1-27-10-17-19(26-27)20(31)29(9-12-2-4-13(22)5-3-12)21(32)28(17)11-18(30)25-16-8-14(23)6-7-15(16)24/h2-8,10H,9,11H2,1H3,(H,25,30). The molecule has 2 aromatic carbocycles. The van der Waals surface area contributed by atoms with Crippen LogP contribution in [0.1, 0.15) is 5.56 Å². The number of hydrogen-bond acceptors (Lipinski definition) is 4. The van der Waals surface area contributed by atoms with Gasteiger partial charge in [-0.1, -0.05) is 12.1 Å². The van der Waals surface area contributed by atoms with E-state index >= 15 is 0 Å². The number of fused-ring (bicyclic) bond motifs is 1. The first-order valence-electron chi connectivity index (χ1n) is 9.39. The summed E-state index contributed by atoms with van der Waals surface area (Å²) in [6.45, 7) is -0.759. The van der Waals surface area contributed by atoms with Crippen LogP contribution in [0.25, 0.3) is 11.0 Å². The van der Waals surface area contributed by atoms with Gasteiger partial charge in [0.1, 0.15) is 24.0 Å². The fourth-order valence-corrected chi connectivity index (χ4v) is 3.28. The van der Waals surface area contributed by atoms with Crippen LogP contribution in [-0.4, -0.2) is 24.8 Å². The molecule has 0 atom stereocenters. The number of benzene rings is 2. The summed E-state index contributed by atoms with van der Waals surface area (Å²) in [5, 5.41) is 6.29. The van der Waals surface area contributed by atoms with E-state index in [9.17, 15) is 27.6 Å². The van der Waals surface area contributed by atoms with Crippen LogP contribution in [-0.2, 0) is 24.9 Å². The summed E-state index contributed by atoms with van der Waals surface area (Å²) in [7, 11) is 1.54.